The predicted molar refractivity (Wildman–Crippen MR) is 129 cm³/mol. The van der Waals surface area contributed by atoms with E-state index in [0.717, 1.165) is 36.2 Å². The molecule has 7 heteroatoms. The molecule has 1 aromatic heterocycles. The average Bonchev–Trinajstić information content (AvgIpc) is 2.82. The number of hydrogen-bond acceptors (Lipinski definition) is 5. The first-order valence-corrected chi connectivity index (χ1v) is 12.9. The van der Waals surface area contributed by atoms with E-state index < -0.39 is 0 Å². The number of benzene rings is 1. The van der Waals surface area contributed by atoms with Crippen LogP contribution in [-0.4, -0.2) is 43.6 Å². The number of piperidine rings is 2. The molecule has 1 aromatic carbocycles. The lowest BCUT2D eigenvalue weighted by Gasteiger charge is -2.55. The fourth-order valence-corrected chi connectivity index (χ4v) is 7.87. The van der Waals surface area contributed by atoms with E-state index in [9.17, 15) is 10.0 Å². The van der Waals surface area contributed by atoms with E-state index in [0.29, 0.717) is 17.6 Å². The van der Waals surface area contributed by atoms with Crippen LogP contribution in [0.1, 0.15) is 82.4 Å². The zero-order chi connectivity index (χ0) is 22.5. The number of para-hydroxylation sites is 2. The molecule has 2 aliphatic heterocycles. The highest BCUT2D eigenvalue weighted by Gasteiger charge is 2.45. The van der Waals surface area contributed by atoms with Crippen molar-refractivity contribution in [3.63, 3.8) is 0 Å². The van der Waals surface area contributed by atoms with Crippen molar-refractivity contribution in [2.75, 3.05) is 0 Å². The van der Waals surface area contributed by atoms with Gasteiger partial charge in [0.15, 0.2) is 11.5 Å². The normalized spacial score (nSPS) is 35.0. The fraction of sp³-hybridized carbons (Fsp3) is 0.654. The number of oxime groups is 1. The quantitative estimate of drug-likeness (QED) is 0.319. The molecule has 3 N–H and O–H groups in total. The van der Waals surface area contributed by atoms with Gasteiger partial charge in [0.25, 0.3) is 5.56 Å². The molecule has 6 atom stereocenters. The molecule has 3 heterocycles. The van der Waals surface area contributed by atoms with E-state index in [-0.39, 0.29) is 23.1 Å². The van der Waals surface area contributed by atoms with Gasteiger partial charge >= 0.3 is 0 Å². The minimum Gasteiger partial charge on any atom is -0.409 e. The first-order chi connectivity index (χ1) is 16.1. The van der Waals surface area contributed by atoms with Gasteiger partial charge in [-0.1, -0.05) is 43.0 Å². The molecule has 0 amide bonds. The van der Waals surface area contributed by atoms with Crippen LogP contribution in [0.3, 0.4) is 0 Å². The Hall–Kier alpha value is -2.41. The Morgan fingerprint density at radius 2 is 1.58 bits per heavy atom. The molecule has 176 valence electrons. The van der Waals surface area contributed by atoms with Crippen LogP contribution in [0.4, 0.5) is 0 Å². The molecule has 4 aliphatic rings. The van der Waals surface area contributed by atoms with E-state index in [1.807, 2.05) is 28.8 Å². The van der Waals surface area contributed by atoms with Crippen molar-refractivity contribution in [3.8, 4) is 0 Å². The molecule has 7 nitrogen and oxygen atoms in total. The number of aromatic nitrogens is 2. The molecule has 2 saturated carbocycles. The van der Waals surface area contributed by atoms with Crippen LogP contribution in [0, 0.1) is 11.8 Å². The lowest BCUT2D eigenvalue weighted by Crippen LogP contribution is -2.58. The SMILES string of the molecule is N/C(=N\O)c1nc2ccccc2n(C2C[C@H]3CCC[C@@H](C2)N3C2C[C@H]3CCC[C@@H](C2)C3)c1=O. The maximum Gasteiger partial charge on any atom is 0.281 e. The average molecular weight is 450 g/mol. The third-order valence-electron chi connectivity index (χ3n) is 9.04. The highest BCUT2D eigenvalue weighted by Crippen LogP contribution is 2.47. The van der Waals surface area contributed by atoms with Crippen LogP contribution >= 0.6 is 0 Å². The van der Waals surface area contributed by atoms with Gasteiger partial charge in [-0.2, -0.15) is 0 Å². The minimum absolute atomic E-state index is 0.0453. The summed E-state index contributed by atoms with van der Waals surface area (Å²) in [4.78, 5) is 20.9. The highest BCUT2D eigenvalue weighted by atomic mass is 16.4. The largest absolute Gasteiger partial charge is 0.409 e. The summed E-state index contributed by atoms with van der Waals surface area (Å²) < 4.78 is 1.91. The van der Waals surface area contributed by atoms with Gasteiger partial charge in [-0.05, 0) is 68.9 Å². The van der Waals surface area contributed by atoms with Crippen LogP contribution in [0.2, 0.25) is 0 Å². The Bertz CT molecular complexity index is 1100. The van der Waals surface area contributed by atoms with Crippen LogP contribution < -0.4 is 11.3 Å². The molecule has 33 heavy (non-hydrogen) atoms. The summed E-state index contributed by atoms with van der Waals surface area (Å²) in [5.74, 6) is 1.64. The Morgan fingerprint density at radius 3 is 2.27 bits per heavy atom. The molecule has 0 radical (unpaired) electrons. The van der Waals surface area contributed by atoms with Crippen molar-refractivity contribution in [1.82, 2.24) is 14.5 Å². The van der Waals surface area contributed by atoms with Crippen molar-refractivity contribution in [3.05, 3.63) is 40.3 Å². The summed E-state index contributed by atoms with van der Waals surface area (Å²) >= 11 is 0. The molecule has 2 aliphatic carbocycles. The molecular formula is C26H35N5O2. The van der Waals surface area contributed by atoms with Gasteiger partial charge in [0.1, 0.15) is 0 Å². The van der Waals surface area contributed by atoms with Gasteiger partial charge in [0.05, 0.1) is 11.0 Å². The topological polar surface area (TPSA) is 96.7 Å². The maximum atomic E-state index is 13.5. The molecule has 4 bridgehead atoms. The molecule has 2 saturated heterocycles. The molecule has 6 rings (SSSR count). The van der Waals surface area contributed by atoms with E-state index in [1.54, 1.807) is 0 Å². The number of amidine groups is 1. The van der Waals surface area contributed by atoms with Crippen LogP contribution in [0.25, 0.3) is 11.0 Å². The molecule has 2 unspecified atom stereocenters. The maximum absolute atomic E-state index is 13.5. The monoisotopic (exact) mass is 449 g/mol. The van der Waals surface area contributed by atoms with Crippen LogP contribution in [0.15, 0.2) is 34.2 Å². The van der Waals surface area contributed by atoms with Gasteiger partial charge in [-0.15, -0.1) is 0 Å². The number of rotatable bonds is 3. The summed E-state index contributed by atoms with van der Waals surface area (Å²) in [5.41, 5.74) is 7.22. The lowest BCUT2D eigenvalue weighted by atomic mass is 9.68. The third kappa shape index (κ3) is 3.65. The summed E-state index contributed by atoms with van der Waals surface area (Å²) in [6.45, 7) is 0. The van der Waals surface area contributed by atoms with Gasteiger partial charge in [-0.3, -0.25) is 9.69 Å². The summed E-state index contributed by atoms with van der Waals surface area (Å²) in [5, 5.41) is 12.3. The van der Waals surface area contributed by atoms with Crippen LogP contribution in [-0.2, 0) is 0 Å². The number of nitrogens with two attached hydrogens (primary N) is 1. The van der Waals surface area contributed by atoms with E-state index in [2.05, 4.69) is 15.0 Å². The number of nitrogens with zero attached hydrogens (tertiary/aromatic N) is 4. The molecular weight excluding hydrogens is 414 g/mol. The zero-order valence-electron chi connectivity index (χ0n) is 19.3. The second-order valence-corrected chi connectivity index (χ2v) is 10.9. The van der Waals surface area contributed by atoms with Gasteiger partial charge in [0.2, 0.25) is 0 Å². The summed E-state index contributed by atoms with van der Waals surface area (Å²) in [6, 6.07) is 9.67. The number of hydrogen-bond donors (Lipinski definition) is 2. The van der Waals surface area contributed by atoms with Gasteiger partial charge in [0, 0.05) is 24.2 Å². The Kier molecular flexibility index (Phi) is 5.40. The molecule has 0 spiro atoms. The molecule has 2 aromatic rings. The lowest BCUT2D eigenvalue weighted by molar-refractivity contribution is -0.0485. The van der Waals surface area contributed by atoms with Gasteiger partial charge in [-0.25, -0.2) is 4.98 Å². The number of fused-ring (bicyclic) bond motifs is 5. The highest BCUT2D eigenvalue weighted by molar-refractivity contribution is 5.96. The minimum atomic E-state index is -0.243. The zero-order valence-corrected chi connectivity index (χ0v) is 19.3. The fourth-order valence-electron chi connectivity index (χ4n) is 7.87. The van der Waals surface area contributed by atoms with Crippen LogP contribution in [0.5, 0.6) is 0 Å². The summed E-state index contributed by atoms with van der Waals surface area (Å²) in [7, 11) is 0. The standard InChI is InChI=1S/C26H35N5O2/c27-25(29-33)24-26(32)31(23-10-2-1-9-22(23)28-24)21-14-18-7-4-8-19(15-21)30(18)20-12-16-5-3-6-17(11-16)13-20/h1-2,9-10,16-21,33H,3-8,11-15H2,(H2,27,29)/t16-,17+,18-,19+,20?,21?. The van der Waals surface area contributed by atoms with Crippen molar-refractivity contribution < 1.29 is 5.21 Å². The molecule has 4 fully saturated rings. The Morgan fingerprint density at radius 1 is 0.909 bits per heavy atom. The first-order valence-electron chi connectivity index (χ1n) is 12.9. The Balaban J connectivity index is 1.35. The first kappa shape index (κ1) is 21.1. The van der Waals surface area contributed by atoms with E-state index in [4.69, 9.17) is 5.73 Å². The Labute approximate surface area is 194 Å². The smallest absolute Gasteiger partial charge is 0.281 e. The summed E-state index contributed by atoms with van der Waals surface area (Å²) in [6.07, 6.45) is 14.2. The van der Waals surface area contributed by atoms with Crippen molar-refractivity contribution in [1.29, 1.82) is 0 Å². The van der Waals surface area contributed by atoms with E-state index in [1.165, 1.54) is 57.8 Å². The predicted octanol–water partition coefficient (Wildman–Crippen LogP) is 4.02. The second-order valence-electron chi connectivity index (χ2n) is 10.9. The van der Waals surface area contributed by atoms with E-state index >= 15 is 0 Å². The van der Waals surface area contributed by atoms with Crippen molar-refractivity contribution >= 4 is 16.9 Å². The second kappa shape index (κ2) is 8.42. The third-order valence-corrected chi connectivity index (χ3v) is 9.04. The van der Waals surface area contributed by atoms with Gasteiger partial charge < -0.3 is 15.5 Å². The van der Waals surface area contributed by atoms with Crippen molar-refractivity contribution in [2.24, 2.45) is 22.7 Å². The van der Waals surface area contributed by atoms with Crippen molar-refractivity contribution in [2.45, 2.75) is 94.8 Å².